The zero-order chi connectivity index (χ0) is 21.7. The van der Waals surface area contributed by atoms with Crippen molar-refractivity contribution in [3.63, 3.8) is 0 Å². The topological polar surface area (TPSA) is 52.7 Å². The van der Waals surface area contributed by atoms with E-state index in [4.69, 9.17) is 0 Å². The summed E-state index contributed by atoms with van der Waals surface area (Å²) in [5.41, 5.74) is 1.32. The highest BCUT2D eigenvalue weighted by molar-refractivity contribution is 5.77. The minimum absolute atomic E-state index is 0.0641. The minimum atomic E-state index is 0.0641. The Balaban J connectivity index is 1.45. The second kappa shape index (κ2) is 7.67. The second-order valence-corrected chi connectivity index (χ2v) is 11.1. The van der Waals surface area contributed by atoms with Gasteiger partial charge in [0.15, 0.2) is 0 Å². The summed E-state index contributed by atoms with van der Waals surface area (Å²) in [4.78, 5) is 29.7. The van der Waals surface area contributed by atoms with Crippen LogP contribution < -0.4 is 5.32 Å². The van der Waals surface area contributed by atoms with Crippen molar-refractivity contribution in [2.45, 2.75) is 71.0 Å². The van der Waals surface area contributed by atoms with Gasteiger partial charge in [0.1, 0.15) is 0 Å². The van der Waals surface area contributed by atoms with E-state index in [-0.39, 0.29) is 23.0 Å². The van der Waals surface area contributed by atoms with Gasteiger partial charge in [-0.2, -0.15) is 0 Å². The molecule has 0 unspecified atom stereocenters. The van der Waals surface area contributed by atoms with Crippen LogP contribution in [0.15, 0.2) is 30.3 Å². The van der Waals surface area contributed by atoms with Gasteiger partial charge in [0, 0.05) is 55.9 Å². The molecule has 0 saturated carbocycles. The second-order valence-electron chi connectivity index (χ2n) is 11.1. The van der Waals surface area contributed by atoms with Crippen LogP contribution in [0.1, 0.15) is 65.5 Å². The molecule has 1 aromatic rings. The molecule has 0 bridgehead atoms. The van der Waals surface area contributed by atoms with Crippen LogP contribution in [0.25, 0.3) is 0 Å². The van der Waals surface area contributed by atoms with Gasteiger partial charge >= 0.3 is 0 Å². The number of piperidine rings is 1. The Hall–Kier alpha value is -1.88. The minimum Gasteiger partial charge on any atom is -0.342 e. The zero-order valence-corrected chi connectivity index (χ0v) is 19.1. The van der Waals surface area contributed by atoms with Crippen molar-refractivity contribution in [2.75, 3.05) is 19.6 Å². The summed E-state index contributed by atoms with van der Waals surface area (Å²) in [7, 11) is 0. The van der Waals surface area contributed by atoms with Gasteiger partial charge in [-0.3, -0.25) is 9.59 Å². The molecule has 1 N–H and O–H groups in total. The SMILES string of the molecule is CC(=O)N1C[C@H]2CN(C(=O)CC3CC(C)(C)NC(C)(C)C3)C[C@H]2[C@H]1c1ccccc1. The van der Waals surface area contributed by atoms with E-state index in [0.29, 0.717) is 30.1 Å². The number of hydrogen-bond acceptors (Lipinski definition) is 3. The van der Waals surface area contributed by atoms with Crippen molar-refractivity contribution in [1.29, 1.82) is 0 Å². The molecular formula is C25H37N3O2. The highest BCUT2D eigenvalue weighted by Gasteiger charge is 2.49. The molecule has 2 amide bonds. The van der Waals surface area contributed by atoms with Crippen molar-refractivity contribution >= 4 is 11.8 Å². The number of carbonyl (C=O) groups excluding carboxylic acids is 2. The van der Waals surface area contributed by atoms with E-state index in [9.17, 15) is 9.59 Å². The van der Waals surface area contributed by atoms with E-state index in [1.54, 1.807) is 6.92 Å². The third kappa shape index (κ3) is 4.27. The first kappa shape index (κ1) is 21.4. The Morgan fingerprint density at radius 2 is 1.63 bits per heavy atom. The molecule has 3 saturated heterocycles. The Morgan fingerprint density at radius 1 is 1.00 bits per heavy atom. The average Bonchev–Trinajstić information content (AvgIpc) is 3.17. The number of nitrogens with one attached hydrogen (secondary N) is 1. The van der Waals surface area contributed by atoms with Crippen molar-refractivity contribution in [2.24, 2.45) is 17.8 Å². The number of hydrogen-bond donors (Lipinski definition) is 1. The smallest absolute Gasteiger partial charge is 0.222 e. The van der Waals surface area contributed by atoms with Crippen LogP contribution in [-0.2, 0) is 9.59 Å². The maximum Gasteiger partial charge on any atom is 0.222 e. The molecule has 3 aliphatic heterocycles. The molecule has 0 aliphatic carbocycles. The Labute approximate surface area is 181 Å². The molecule has 3 fully saturated rings. The number of benzene rings is 1. The molecule has 5 nitrogen and oxygen atoms in total. The van der Waals surface area contributed by atoms with Crippen molar-refractivity contribution in [3.05, 3.63) is 35.9 Å². The predicted molar refractivity (Wildman–Crippen MR) is 119 cm³/mol. The molecule has 3 aliphatic rings. The molecule has 3 atom stereocenters. The van der Waals surface area contributed by atoms with Crippen molar-refractivity contribution in [3.8, 4) is 0 Å². The third-order valence-electron chi connectivity index (χ3n) is 7.30. The van der Waals surface area contributed by atoms with E-state index in [1.165, 1.54) is 5.56 Å². The number of likely N-dealkylation sites (tertiary alicyclic amines) is 2. The number of nitrogens with zero attached hydrogens (tertiary/aromatic N) is 2. The van der Waals surface area contributed by atoms with Gasteiger partial charge in [0.05, 0.1) is 6.04 Å². The van der Waals surface area contributed by atoms with E-state index < -0.39 is 0 Å². The molecule has 0 spiro atoms. The van der Waals surface area contributed by atoms with E-state index in [2.05, 4.69) is 50.0 Å². The summed E-state index contributed by atoms with van der Waals surface area (Å²) >= 11 is 0. The maximum absolute atomic E-state index is 13.3. The van der Waals surface area contributed by atoms with Gasteiger partial charge in [0.2, 0.25) is 11.8 Å². The molecule has 30 heavy (non-hydrogen) atoms. The van der Waals surface area contributed by atoms with E-state index in [1.807, 2.05) is 23.1 Å². The van der Waals surface area contributed by atoms with Crippen molar-refractivity contribution < 1.29 is 9.59 Å². The van der Waals surface area contributed by atoms with Gasteiger partial charge in [0.25, 0.3) is 0 Å². The van der Waals surface area contributed by atoms with Gasteiger partial charge < -0.3 is 15.1 Å². The first-order valence-corrected chi connectivity index (χ1v) is 11.4. The van der Waals surface area contributed by atoms with Crippen LogP contribution in [0.5, 0.6) is 0 Å². The van der Waals surface area contributed by atoms with Gasteiger partial charge in [-0.1, -0.05) is 30.3 Å². The van der Waals surface area contributed by atoms with Crippen LogP contribution >= 0.6 is 0 Å². The highest BCUT2D eigenvalue weighted by Crippen LogP contribution is 2.45. The molecule has 3 heterocycles. The first-order valence-electron chi connectivity index (χ1n) is 11.4. The number of carbonyl (C=O) groups is 2. The van der Waals surface area contributed by atoms with Crippen LogP contribution in [0.2, 0.25) is 0 Å². The van der Waals surface area contributed by atoms with E-state index in [0.717, 1.165) is 32.5 Å². The largest absolute Gasteiger partial charge is 0.342 e. The number of amides is 2. The summed E-state index contributed by atoms with van der Waals surface area (Å²) < 4.78 is 0. The molecule has 0 radical (unpaired) electrons. The molecule has 1 aromatic carbocycles. The lowest BCUT2D eigenvalue weighted by molar-refractivity contribution is -0.133. The fourth-order valence-electron chi connectivity index (χ4n) is 6.70. The zero-order valence-electron chi connectivity index (χ0n) is 19.1. The maximum atomic E-state index is 13.3. The number of rotatable bonds is 3. The van der Waals surface area contributed by atoms with Crippen molar-refractivity contribution in [1.82, 2.24) is 15.1 Å². The summed E-state index contributed by atoms with van der Waals surface area (Å²) in [6, 6.07) is 10.4. The fourth-order valence-corrected chi connectivity index (χ4v) is 6.70. The summed E-state index contributed by atoms with van der Waals surface area (Å²) in [6.07, 6.45) is 2.71. The molecule has 5 heteroatoms. The quantitative estimate of drug-likeness (QED) is 0.827. The average molecular weight is 412 g/mol. The molecule has 164 valence electrons. The first-order chi connectivity index (χ1) is 14.0. The standard InChI is InChI=1S/C25H37N3O2/c1-17(29)28-15-20-14-27(16-21(20)23(28)19-9-7-6-8-10-19)22(30)11-18-12-24(2,3)26-25(4,5)13-18/h6-10,18,20-21,23,26H,11-16H2,1-5H3/t20-,21-,23-/m1/s1. The monoisotopic (exact) mass is 411 g/mol. The molecular weight excluding hydrogens is 374 g/mol. The Bertz CT molecular complexity index is 788. The van der Waals surface area contributed by atoms with Crippen LogP contribution in [0.3, 0.4) is 0 Å². The molecule has 0 aromatic heterocycles. The Morgan fingerprint density at radius 3 is 2.23 bits per heavy atom. The normalized spacial score (nSPS) is 30.4. The van der Waals surface area contributed by atoms with Crippen LogP contribution in [0.4, 0.5) is 0 Å². The highest BCUT2D eigenvalue weighted by atomic mass is 16.2. The van der Waals surface area contributed by atoms with Crippen LogP contribution in [-0.4, -0.2) is 52.3 Å². The predicted octanol–water partition coefficient (Wildman–Crippen LogP) is 3.61. The third-order valence-corrected chi connectivity index (χ3v) is 7.30. The summed E-state index contributed by atoms with van der Waals surface area (Å²) in [6.45, 7) is 13.0. The van der Waals surface area contributed by atoms with E-state index >= 15 is 0 Å². The lowest BCUT2D eigenvalue weighted by Gasteiger charge is -2.46. The van der Waals surface area contributed by atoms with Gasteiger partial charge in [-0.05, 0) is 52.0 Å². The van der Waals surface area contributed by atoms with Gasteiger partial charge in [-0.15, -0.1) is 0 Å². The fraction of sp³-hybridized carbons (Fsp3) is 0.680. The lowest BCUT2D eigenvalue weighted by atomic mass is 9.74. The van der Waals surface area contributed by atoms with Crippen LogP contribution in [0, 0.1) is 17.8 Å². The lowest BCUT2D eigenvalue weighted by Crippen LogP contribution is -2.58. The summed E-state index contributed by atoms with van der Waals surface area (Å²) in [5.74, 6) is 1.56. The summed E-state index contributed by atoms with van der Waals surface area (Å²) in [5, 5.41) is 3.71. The molecule has 4 rings (SSSR count). The Kier molecular flexibility index (Phi) is 5.46. The number of fused-ring (bicyclic) bond motifs is 1. The van der Waals surface area contributed by atoms with Gasteiger partial charge in [-0.25, -0.2) is 0 Å².